The molecule has 0 atom stereocenters. The Labute approximate surface area is 126 Å². The molecular weight excluding hydrogens is 266 g/mol. The molecule has 0 N–H and O–H groups in total. The first kappa shape index (κ1) is 17.0. The van der Waals surface area contributed by atoms with Gasteiger partial charge in [-0.05, 0) is 23.5 Å². The van der Waals surface area contributed by atoms with Gasteiger partial charge in [-0.1, -0.05) is 33.8 Å². The minimum Gasteiger partial charge on any atom is -0.365 e. The molecule has 114 valence electrons. The van der Waals surface area contributed by atoms with Crippen LogP contribution in [0.1, 0.15) is 33.3 Å². The van der Waals surface area contributed by atoms with Gasteiger partial charge in [0, 0.05) is 19.2 Å². The standard InChI is InChI=1S/C16H23N3O2/c1-12(2)10-18(11-13(3)4)15-6-5-14(7-8-17)9-16(15)19(20)21/h5-6,9,12-13H,7,10-11H2,1-4H3. The van der Waals surface area contributed by atoms with Gasteiger partial charge in [-0.15, -0.1) is 0 Å². The molecule has 0 radical (unpaired) electrons. The number of anilines is 1. The maximum absolute atomic E-state index is 11.4. The molecular formula is C16H23N3O2. The molecule has 0 aromatic heterocycles. The van der Waals surface area contributed by atoms with E-state index in [0.29, 0.717) is 23.1 Å². The van der Waals surface area contributed by atoms with Crippen molar-refractivity contribution in [2.24, 2.45) is 11.8 Å². The Hall–Kier alpha value is -2.09. The van der Waals surface area contributed by atoms with E-state index in [4.69, 9.17) is 5.26 Å². The highest BCUT2D eigenvalue weighted by atomic mass is 16.6. The summed E-state index contributed by atoms with van der Waals surface area (Å²) in [6.07, 6.45) is 0.190. The van der Waals surface area contributed by atoms with E-state index in [0.717, 1.165) is 13.1 Å². The Kier molecular flexibility index (Phi) is 6.16. The second kappa shape index (κ2) is 7.63. The average Bonchev–Trinajstić information content (AvgIpc) is 2.37. The van der Waals surface area contributed by atoms with Gasteiger partial charge in [-0.3, -0.25) is 10.1 Å². The average molecular weight is 289 g/mol. The molecule has 5 heteroatoms. The summed E-state index contributed by atoms with van der Waals surface area (Å²) in [5, 5.41) is 20.1. The zero-order valence-electron chi connectivity index (χ0n) is 13.2. The molecule has 0 aliphatic rings. The van der Waals surface area contributed by atoms with E-state index in [-0.39, 0.29) is 17.0 Å². The summed E-state index contributed by atoms with van der Waals surface area (Å²) in [5.74, 6) is 0.837. The summed E-state index contributed by atoms with van der Waals surface area (Å²) in [7, 11) is 0. The van der Waals surface area contributed by atoms with Crippen molar-refractivity contribution in [3.05, 3.63) is 33.9 Å². The SMILES string of the molecule is CC(C)CN(CC(C)C)c1ccc(CC#N)cc1[N+](=O)[O-]. The second-order valence-electron chi connectivity index (χ2n) is 6.11. The van der Waals surface area contributed by atoms with Crippen molar-refractivity contribution in [1.82, 2.24) is 0 Å². The lowest BCUT2D eigenvalue weighted by molar-refractivity contribution is -0.384. The highest BCUT2D eigenvalue weighted by Crippen LogP contribution is 2.30. The monoisotopic (exact) mass is 289 g/mol. The normalized spacial score (nSPS) is 10.7. The topological polar surface area (TPSA) is 70.2 Å². The van der Waals surface area contributed by atoms with Gasteiger partial charge in [0.15, 0.2) is 0 Å². The predicted molar refractivity (Wildman–Crippen MR) is 84.3 cm³/mol. The number of nitrogens with zero attached hydrogens (tertiary/aromatic N) is 3. The van der Waals surface area contributed by atoms with Crippen molar-refractivity contribution in [3.63, 3.8) is 0 Å². The number of nitriles is 1. The fraction of sp³-hybridized carbons (Fsp3) is 0.562. The highest BCUT2D eigenvalue weighted by molar-refractivity contribution is 5.64. The number of hydrogen-bond donors (Lipinski definition) is 0. The van der Waals surface area contributed by atoms with Gasteiger partial charge in [-0.2, -0.15) is 5.26 Å². The van der Waals surface area contributed by atoms with Crippen LogP contribution in [0.4, 0.5) is 11.4 Å². The Morgan fingerprint density at radius 3 is 2.24 bits per heavy atom. The molecule has 0 fully saturated rings. The molecule has 0 bridgehead atoms. The van der Waals surface area contributed by atoms with Crippen LogP contribution < -0.4 is 4.90 Å². The molecule has 21 heavy (non-hydrogen) atoms. The number of benzene rings is 1. The molecule has 0 aliphatic heterocycles. The van der Waals surface area contributed by atoms with E-state index in [1.54, 1.807) is 12.1 Å². The molecule has 0 amide bonds. The maximum atomic E-state index is 11.4. The van der Waals surface area contributed by atoms with Crippen molar-refractivity contribution in [3.8, 4) is 6.07 Å². The lowest BCUT2D eigenvalue weighted by Gasteiger charge is -2.28. The van der Waals surface area contributed by atoms with Gasteiger partial charge in [-0.25, -0.2) is 0 Å². The molecule has 0 heterocycles. The van der Waals surface area contributed by atoms with Crippen LogP contribution in [0.3, 0.4) is 0 Å². The van der Waals surface area contributed by atoms with Crippen LogP contribution >= 0.6 is 0 Å². The van der Waals surface area contributed by atoms with E-state index in [1.165, 1.54) is 6.07 Å². The lowest BCUT2D eigenvalue weighted by Crippen LogP contribution is -2.31. The predicted octanol–water partition coefficient (Wildman–Crippen LogP) is 3.78. The quantitative estimate of drug-likeness (QED) is 0.565. The van der Waals surface area contributed by atoms with Crippen LogP contribution in [0.25, 0.3) is 0 Å². The fourth-order valence-corrected chi connectivity index (χ4v) is 2.34. The first-order valence-electron chi connectivity index (χ1n) is 7.24. The number of rotatable bonds is 7. The van der Waals surface area contributed by atoms with E-state index >= 15 is 0 Å². The Bertz CT molecular complexity index is 523. The van der Waals surface area contributed by atoms with E-state index in [1.807, 2.05) is 6.07 Å². The van der Waals surface area contributed by atoms with E-state index < -0.39 is 0 Å². The number of nitro benzene ring substituents is 1. The van der Waals surface area contributed by atoms with Gasteiger partial charge < -0.3 is 4.90 Å². The van der Waals surface area contributed by atoms with E-state index in [9.17, 15) is 10.1 Å². The van der Waals surface area contributed by atoms with Crippen molar-refractivity contribution < 1.29 is 4.92 Å². The van der Waals surface area contributed by atoms with Gasteiger partial charge >= 0.3 is 0 Å². The third-order valence-electron chi connectivity index (χ3n) is 3.03. The Morgan fingerprint density at radius 1 is 1.24 bits per heavy atom. The highest BCUT2D eigenvalue weighted by Gasteiger charge is 2.21. The van der Waals surface area contributed by atoms with Crippen LogP contribution in [0.15, 0.2) is 18.2 Å². The third-order valence-corrected chi connectivity index (χ3v) is 3.03. The first-order valence-corrected chi connectivity index (χ1v) is 7.24. The third kappa shape index (κ3) is 5.07. The zero-order chi connectivity index (χ0) is 16.0. The van der Waals surface area contributed by atoms with Crippen molar-refractivity contribution in [2.75, 3.05) is 18.0 Å². The summed E-state index contributed by atoms with van der Waals surface area (Å²) < 4.78 is 0. The van der Waals surface area contributed by atoms with Crippen molar-refractivity contribution >= 4 is 11.4 Å². The number of nitro groups is 1. The molecule has 0 spiro atoms. The smallest absolute Gasteiger partial charge is 0.292 e. The lowest BCUT2D eigenvalue weighted by atomic mass is 10.1. The Balaban J connectivity index is 3.22. The molecule has 1 aromatic rings. The molecule has 1 rings (SSSR count). The summed E-state index contributed by atoms with van der Waals surface area (Å²) >= 11 is 0. The molecule has 0 saturated heterocycles. The van der Waals surface area contributed by atoms with Crippen LogP contribution in [-0.2, 0) is 6.42 Å². The minimum atomic E-state index is -0.357. The van der Waals surface area contributed by atoms with Gasteiger partial charge in [0.2, 0.25) is 0 Å². The molecule has 0 aliphatic carbocycles. The summed E-state index contributed by atoms with van der Waals surface area (Å²) in [6, 6.07) is 7.13. The molecule has 1 aromatic carbocycles. The molecule has 0 unspecified atom stereocenters. The first-order chi connectivity index (χ1) is 9.85. The van der Waals surface area contributed by atoms with Crippen molar-refractivity contribution in [1.29, 1.82) is 5.26 Å². The van der Waals surface area contributed by atoms with Crippen LogP contribution in [0, 0.1) is 33.3 Å². The second-order valence-corrected chi connectivity index (χ2v) is 6.11. The number of hydrogen-bond acceptors (Lipinski definition) is 4. The van der Waals surface area contributed by atoms with Gasteiger partial charge in [0.1, 0.15) is 5.69 Å². The van der Waals surface area contributed by atoms with Gasteiger partial charge in [0.25, 0.3) is 5.69 Å². The summed E-state index contributed by atoms with van der Waals surface area (Å²) in [5.41, 5.74) is 1.41. The minimum absolute atomic E-state index is 0.0871. The van der Waals surface area contributed by atoms with Crippen molar-refractivity contribution in [2.45, 2.75) is 34.1 Å². The zero-order valence-corrected chi connectivity index (χ0v) is 13.2. The van der Waals surface area contributed by atoms with Crippen LogP contribution in [0.2, 0.25) is 0 Å². The molecule has 5 nitrogen and oxygen atoms in total. The largest absolute Gasteiger partial charge is 0.365 e. The van der Waals surface area contributed by atoms with Crippen LogP contribution in [0.5, 0.6) is 0 Å². The summed E-state index contributed by atoms with van der Waals surface area (Å²) in [4.78, 5) is 13.1. The fourth-order valence-electron chi connectivity index (χ4n) is 2.34. The van der Waals surface area contributed by atoms with Crippen LogP contribution in [-0.4, -0.2) is 18.0 Å². The maximum Gasteiger partial charge on any atom is 0.292 e. The Morgan fingerprint density at radius 2 is 1.81 bits per heavy atom. The van der Waals surface area contributed by atoms with Gasteiger partial charge in [0.05, 0.1) is 17.4 Å². The molecule has 0 saturated carbocycles. The summed E-state index contributed by atoms with van der Waals surface area (Å²) in [6.45, 7) is 9.95. The van der Waals surface area contributed by atoms with E-state index in [2.05, 4.69) is 32.6 Å².